The molecule has 0 aromatic rings. The Morgan fingerprint density at radius 3 is 2.33 bits per heavy atom. The predicted octanol–water partition coefficient (Wildman–Crippen LogP) is -4.25. The minimum Gasteiger partial charge on any atom is -0.853 e. The van der Waals surface area contributed by atoms with E-state index in [9.17, 15) is 5.11 Å². The average molecular weight is 80.0 g/mol. The van der Waals surface area contributed by atoms with Crippen molar-refractivity contribution in [1.29, 1.82) is 0 Å². The van der Waals surface area contributed by atoms with E-state index in [0.717, 1.165) is 0 Å². The van der Waals surface area contributed by atoms with E-state index in [2.05, 4.69) is 4.74 Å². The van der Waals surface area contributed by atoms with Gasteiger partial charge in [0.2, 0.25) is 0 Å². The summed E-state index contributed by atoms with van der Waals surface area (Å²) in [6, 6.07) is 0. The normalized spacial score (nSPS) is 28.5. The number of hydrogen-bond donors (Lipinski definition) is 0. The Bertz CT molecular complexity index is 35.8. The summed E-state index contributed by atoms with van der Waals surface area (Å²) < 4.78 is 4.55. The molecule has 0 saturated carbocycles. The first-order chi connectivity index (χ1) is 2.43. The van der Waals surface area contributed by atoms with Crippen molar-refractivity contribution in [2.75, 3.05) is 13.2 Å². The van der Waals surface area contributed by atoms with Crippen molar-refractivity contribution >= 4 is 0 Å². The van der Waals surface area contributed by atoms with E-state index in [1.807, 2.05) is 0 Å². The summed E-state index contributed by atoms with van der Waals surface area (Å²) in [5.74, 6) is 0. The minimum absolute atomic E-state index is 0. The van der Waals surface area contributed by atoms with E-state index in [1.54, 1.807) is 0 Å². The third-order valence-corrected chi connectivity index (χ3v) is 0.588. The SMILES string of the molecule is [Li+].[O-]CC1CO1. The Morgan fingerprint density at radius 2 is 2.33 bits per heavy atom. The van der Waals surface area contributed by atoms with Gasteiger partial charge in [0.15, 0.2) is 0 Å². The number of hydrogen-bond acceptors (Lipinski definition) is 2. The van der Waals surface area contributed by atoms with Gasteiger partial charge in [-0.05, 0) is 0 Å². The average Bonchev–Trinajstić information content (AvgIpc) is 2.12. The van der Waals surface area contributed by atoms with Gasteiger partial charge < -0.3 is 9.84 Å². The molecule has 1 saturated heterocycles. The van der Waals surface area contributed by atoms with Gasteiger partial charge in [0, 0.05) is 0 Å². The molecule has 0 amide bonds. The molecule has 0 radical (unpaired) electrons. The third kappa shape index (κ3) is 1.84. The Balaban J connectivity index is 0.000000250. The Hall–Kier alpha value is 0.517. The first kappa shape index (κ1) is 6.52. The van der Waals surface area contributed by atoms with Gasteiger partial charge in [-0.1, -0.05) is 0 Å². The van der Waals surface area contributed by atoms with Crippen LogP contribution in [0.4, 0.5) is 0 Å². The van der Waals surface area contributed by atoms with E-state index in [0.29, 0.717) is 6.61 Å². The van der Waals surface area contributed by atoms with Crippen molar-refractivity contribution < 1.29 is 28.7 Å². The quantitative estimate of drug-likeness (QED) is 0.236. The zero-order chi connectivity index (χ0) is 3.70. The van der Waals surface area contributed by atoms with Gasteiger partial charge in [-0.2, -0.15) is 0 Å². The van der Waals surface area contributed by atoms with Crippen LogP contribution in [0.2, 0.25) is 0 Å². The first-order valence-electron chi connectivity index (χ1n) is 1.63. The molecule has 1 aliphatic heterocycles. The molecule has 2 nitrogen and oxygen atoms in total. The van der Waals surface area contributed by atoms with E-state index in [4.69, 9.17) is 0 Å². The fourth-order valence-corrected chi connectivity index (χ4v) is 0.164. The number of rotatable bonds is 1. The van der Waals surface area contributed by atoms with E-state index in [1.165, 1.54) is 0 Å². The molecule has 6 heavy (non-hydrogen) atoms. The van der Waals surface area contributed by atoms with Crippen LogP contribution in [0.1, 0.15) is 0 Å². The van der Waals surface area contributed by atoms with E-state index >= 15 is 0 Å². The van der Waals surface area contributed by atoms with Crippen LogP contribution in [0.3, 0.4) is 0 Å². The molecular formula is C3H5LiO2. The van der Waals surface area contributed by atoms with Crippen LogP contribution in [0.25, 0.3) is 0 Å². The third-order valence-electron chi connectivity index (χ3n) is 0.588. The smallest absolute Gasteiger partial charge is 0.853 e. The van der Waals surface area contributed by atoms with Crippen LogP contribution in [0.15, 0.2) is 0 Å². The maximum absolute atomic E-state index is 9.57. The molecule has 1 heterocycles. The fourth-order valence-electron chi connectivity index (χ4n) is 0.164. The summed E-state index contributed by atoms with van der Waals surface area (Å²) in [6.45, 7) is 0.642. The molecule has 0 bridgehead atoms. The van der Waals surface area contributed by atoms with E-state index in [-0.39, 0.29) is 31.6 Å². The Kier molecular flexibility index (Phi) is 2.88. The molecule has 0 N–H and O–H groups in total. The van der Waals surface area contributed by atoms with Crippen molar-refractivity contribution in [3.63, 3.8) is 0 Å². The zero-order valence-electron chi connectivity index (χ0n) is 3.81. The summed E-state index contributed by atoms with van der Waals surface area (Å²) in [5, 5.41) is 9.57. The first-order valence-corrected chi connectivity index (χ1v) is 1.63. The molecule has 1 aliphatic rings. The zero-order valence-corrected chi connectivity index (χ0v) is 3.81. The van der Waals surface area contributed by atoms with Gasteiger partial charge in [-0.25, -0.2) is 0 Å². The molecule has 30 valence electrons. The monoisotopic (exact) mass is 80.0 g/mol. The largest absolute Gasteiger partial charge is 1.00 e. The molecular weight excluding hydrogens is 75.0 g/mol. The Morgan fingerprint density at radius 1 is 1.83 bits per heavy atom. The van der Waals surface area contributed by atoms with Crippen LogP contribution in [0.5, 0.6) is 0 Å². The van der Waals surface area contributed by atoms with Crippen molar-refractivity contribution in [1.82, 2.24) is 0 Å². The fraction of sp³-hybridized carbons (Fsp3) is 1.00. The van der Waals surface area contributed by atoms with Crippen molar-refractivity contribution in [2.45, 2.75) is 6.10 Å². The van der Waals surface area contributed by atoms with Gasteiger partial charge in [0.25, 0.3) is 0 Å². The topological polar surface area (TPSA) is 35.6 Å². The molecule has 1 atom stereocenters. The molecule has 1 rings (SSSR count). The van der Waals surface area contributed by atoms with Gasteiger partial charge in [0.1, 0.15) is 0 Å². The molecule has 0 aromatic carbocycles. The number of ether oxygens (including phenoxy) is 1. The van der Waals surface area contributed by atoms with Gasteiger partial charge in [0.05, 0.1) is 12.7 Å². The van der Waals surface area contributed by atoms with Gasteiger partial charge >= 0.3 is 18.9 Å². The summed E-state index contributed by atoms with van der Waals surface area (Å²) in [5.41, 5.74) is 0. The van der Waals surface area contributed by atoms with Crippen LogP contribution in [-0.2, 0) is 4.74 Å². The second-order valence-corrected chi connectivity index (χ2v) is 1.12. The van der Waals surface area contributed by atoms with Crippen molar-refractivity contribution in [2.24, 2.45) is 0 Å². The maximum Gasteiger partial charge on any atom is 1.00 e. The van der Waals surface area contributed by atoms with Crippen molar-refractivity contribution in [3.05, 3.63) is 0 Å². The van der Waals surface area contributed by atoms with Crippen LogP contribution >= 0.6 is 0 Å². The molecule has 0 aliphatic carbocycles. The maximum atomic E-state index is 9.57. The molecule has 0 aromatic heterocycles. The van der Waals surface area contributed by atoms with Gasteiger partial charge in [-0.15, -0.1) is 6.61 Å². The van der Waals surface area contributed by atoms with Crippen molar-refractivity contribution in [3.8, 4) is 0 Å². The molecule has 1 unspecified atom stereocenters. The van der Waals surface area contributed by atoms with Crippen LogP contribution < -0.4 is 24.0 Å². The second-order valence-electron chi connectivity index (χ2n) is 1.12. The van der Waals surface area contributed by atoms with E-state index < -0.39 is 0 Å². The summed E-state index contributed by atoms with van der Waals surface area (Å²) in [6.07, 6.45) is 0.0787. The minimum atomic E-state index is -0.0556. The summed E-state index contributed by atoms with van der Waals surface area (Å²) in [4.78, 5) is 0. The summed E-state index contributed by atoms with van der Waals surface area (Å²) >= 11 is 0. The molecule has 3 heteroatoms. The van der Waals surface area contributed by atoms with Crippen LogP contribution in [-0.4, -0.2) is 19.3 Å². The standard InChI is InChI=1S/C3H5O2.Li/c4-1-3-2-5-3;/h3H,1-2H2;/q-1;+1. The van der Waals surface area contributed by atoms with Gasteiger partial charge in [-0.3, -0.25) is 0 Å². The number of epoxide rings is 1. The predicted molar refractivity (Wildman–Crippen MR) is 14.6 cm³/mol. The Labute approximate surface area is 48.7 Å². The molecule has 1 fully saturated rings. The van der Waals surface area contributed by atoms with Crippen LogP contribution in [0, 0.1) is 0 Å². The second kappa shape index (κ2) is 2.65. The molecule has 0 spiro atoms. The summed E-state index contributed by atoms with van der Waals surface area (Å²) in [7, 11) is 0.